The van der Waals surface area contributed by atoms with Gasteiger partial charge in [0.05, 0.1) is 12.3 Å². The molecular weight excluding hydrogens is 429 g/mol. The van der Waals surface area contributed by atoms with Crippen LogP contribution in [0.15, 0.2) is 48.5 Å². The Morgan fingerprint density at radius 2 is 1.73 bits per heavy atom. The highest BCUT2D eigenvalue weighted by Crippen LogP contribution is 2.20. The molecule has 1 saturated heterocycles. The van der Waals surface area contributed by atoms with Crippen LogP contribution < -0.4 is 0 Å². The van der Waals surface area contributed by atoms with Crippen LogP contribution in [-0.4, -0.2) is 68.2 Å². The van der Waals surface area contributed by atoms with E-state index in [9.17, 15) is 17.6 Å². The van der Waals surface area contributed by atoms with Gasteiger partial charge in [-0.15, -0.1) is 0 Å². The van der Waals surface area contributed by atoms with Crippen molar-refractivity contribution < 1.29 is 17.6 Å². The summed E-state index contributed by atoms with van der Waals surface area (Å²) in [6.45, 7) is 1.51. The number of benzene rings is 2. The largest absolute Gasteiger partial charge is 0.339 e. The van der Waals surface area contributed by atoms with Crippen LogP contribution in [0.4, 0.5) is 4.39 Å². The van der Waals surface area contributed by atoms with Gasteiger partial charge >= 0.3 is 0 Å². The highest BCUT2D eigenvalue weighted by molar-refractivity contribution is 7.88. The second-order valence-corrected chi connectivity index (χ2v) is 9.77. The number of carbonyl (C=O) groups is 1. The van der Waals surface area contributed by atoms with Crippen LogP contribution in [0.25, 0.3) is 0 Å². The molecule has 1 aliphatic heterocycles. The van der Waals surface area contributed by atoms with Gasteiger partial charge in [-0.3, -0.25) is 9.69 Å². The summed E-state index contributed by atoms with van der Waals surface area (Å²) in [4.78, 5) is 16.0. The highest BCUT2D eigenvalue weighted by Gasteiger charge is 2.29. The fourth-order valence-corrected chi connectivity index (χ4v) is 5.17. The third-order valence-corrected chi connectivity index (χ3v) is 7.28. The molecule has 0 saturated carbocycles. The molecule has 0 unspecified atom stereocenters. The minimum Gasteiger partial charge on any atom is -0.339 e. The molecule has 0 spiro atoms. The summed E-state index contributed by atoms with van der Waals surface area (Å²) in [5, 5.41) is 0.325. The Labute approximate surface area is 181 Å². The lowest BCUT2D eigenvalue weighted by Crippen LogP contribution is -2.52. The van der Waals surface area contributed by atoms with E-state index >= 15 is 0 Å². The van der Waals surface area contributed by atoms with E-state index in [1.54, 1.807) is 35.0 Å². The first-order valence-corrected chi connectivity index (χ1v) is 11.7. The number of hydrogen-bond acceptors (Lipinski definition) is 4. The number of likely N-dealkylation sites (N-methyl/N-ethyl adjacent to an activating group) is 1. The summed E-state index contributed by atoms with van der Waals surface area (Å²) in [7, 11) is -1.71. The molecule has 0 radical (unpaired) electrons. The van der Waals surface area contributed by atoms with Crippen LogP contribution >= 0.6 is 11.6 Å². The molecule has 2 aromatic rings. The Morgan fingerprint density at radius 3 is 2.37 bits per heavy atom. The van der Waals surface area contributed by atoms with E-state index in [2.05, 4.69) is 0 Å². The molecule has 1 aliphatic rings. The van der Waals surface area contributed by atoms with Crippen LogP contribution in [0.5, 0.6) is 0 Å². The number of amides is 1. The molecule has 1 amide bonds. The van der Waals surface area contributed by atoms with E-state index in [0.717, 1.165) is 5.56 Å². The molecule has 9 heteroatoms. The van der Waals surface area contributed by atoms with Gasteiger partial charge in [-0.2, -0.15) is 4.31 Å². The monoisotopic (exact) mass is 453 g/mol. The van der Waals surface area contributed by atoms with Gasteiger partial charge in [0.25, 0.3) is 0 Å². The smallest absolute Gasteiger partial charge is 0.236 e. The molecular formula is C21H25ClFN3O3S. The first-order chi connectivity index (χ1) is 14.3. The van der Waals surface area contributed by atoms with Gasteiger partial charge < -0.3 is 4.90 Å². The second-order valence-electron chi connectivity index (χ2n) is 7.39. The third-order valence-electron chi connectivity index (χ3n) is 5.07. The van der Waals surface area contributed by atoms with Gasteiger partial charge in [0.15, 0.2) is 0 Å². The summed E-state index contributed by atoms with van der Waals surface area (Å²) < 4.78 is 40.7. The predicted molar refractivity (Wildman–Crippen MR) is 115 cm³/mol. The molecule has 162 valence electrons. The van der Waals surface area contributed by atoms with E-state index in [1.165, 1.54) is 16.4 Å². The van der Waals surface area contributed by atoms with Gasteiger partial charge in [-0.05, 0) is 24.7 Å². The lowest BCUT2D eigenvalue weighted by Gasteiger charge is -2.34. The molecule has 0 bridgehead atoms. The van der Waals surface area contributed by atoms with E-state index in [0.29, 0.717) is 23.7 Å². The standard InChI is InChI=1S/C21H25ClFN3O3S/c1-24(14-18-19(22)8-5-9-20(18)23)15-21(27)25-10-12-26(13-11-25)30(28,29)16-17-6-3-2-4-7-17/h2-9H,10-16H2,1H3. The molecule has 0 atom stereocenters. The van der Waals surface area contributed by atoms with E-state index < -0.39 is 15.8 Å². The quantitative estimate of drug-likeness (QED) is 0.646. The Bertz CT molecular complexity index is 960. The maximum Gasteiger partial charge on any atom is 0.236 e. The minimum atomic E-state index is -3.43. The minimum absolute atomic E-state index is 0.0477. The number of rotatable bonds is 7. The average Bonchev–Trinajstić information content (AvgIpc) is 2.71. The van der Waals surface area contributed by atoms with Crippen molar-refractivity contribution >= 4 is 27.5 Å². The van der Waals surface area contributed by atoms with E-state index in [-0.39, 0.29) is 37.8 Å². The van der Waals surface area contributed by atoms with Crippen LogP contribution in [0.2, 0.25) is 5.02 Å². The summed E-state index contributed by atoms with van der Waals surface area (Å²) in [6.07, 6.45) is 0. The van der Waals surface area contributed by atoms with Gasteiger partial charge in [0.2, 0.25) is 15.9 Å². The van der Waals surface area contributed by atoms with Crippen LogP contribution in [-0.2, 0) is 27.1 Å². The fourth-order valence-electron chi connectivity index (χ4n) is 3.43. The molecule has 2 aromatic carbocycles. The van der Waals surface area contributed by atoms with Crippen molar-refractivity contribution in [1.29, 1.82) is 0 Å². The maximum atomic E-state index is 13.9. The van der Waals surface area contributed by atoms with Crippen molar-refractivity contribution in [3.05, 3.63) is 70.5 Å². The molecule has 0 aromatic heterocycles. The number of halogens is 2. The van der Waals surface area contributed by atoms with Gasteiger partial charge in [0.1, 0.15) is 5.82 Å². The van der Waals surface area contributed by atoms with Crippen LogP contribution in [0, 0.1) is 5.82 Å². The van der Waals surface area contributed by atoms with E-state index in [4.69, 9.17) is 11.6 Å². The van der Waals surface area contributed by atoms with Crippen molar-refractivity contribution in [3.63, 3.8) is 0 Å². The predicted octanol–water partition coefficient (Wildman–Crippen LogP) is 2.59. The van der Waals surface area contributed by atoms with Gasteiger partial charge in [0, 0.05) is 43.3 Å². The first kappa shape index (κ1) is 22.7. The van der Waals surface area contributed by atoms with Crippen molar-refractivity contribution in [1.82, 2.24) is 14.1 Å². The molecule has 1 heterocycles. The van der Waals surface area contributed by atoms with E-state index in [1.807, 2.05) is 18.2 Å². The van der Waals surface area contributed by atoms with Gasteiger partial charge in [-0.25, -0.2) is 12.8 Å². The van der Waals surface area contributed by atoms with Crippen molar-refractivity contribution in [3.8, 4) is 0 Å². The number of piperazine rings is 1. The lowest BCUT2D eigenvalue weighted by atomic mass is 10.2. The zero-order valence-electron chi connectivity index (χ0n) is 16.8. The Kier molecular flexibility index (Phi) is 7.46. The second kappa shape index (κ2) is 9.87. The summed E-state index contributed by atoms with van der Waals surface area (Å²) >= 11 is 6.05. The Hall–Kier alpha value is -2.00. The first-order valence-electron chi connectivity index (χ1n) is 9.67. The molecule has 0 N–H and O–H groups in total. The SMILES string of the molecule is CN(CC(=O)N1CCN(S(=O)(=O)Cc2ccccc2)CC1)Cc1c(F)cccc1Cl. The number of sulfonamides is 1. The number of hydrogen-bond donors (Lipinski definition) is 0. The zero-order chi connectivity index (χ0) is 21.7. The maximum absolute atomic E-state index is 13.9. The molecule has 30 heavy (non-hydrogen) atoms. The lowest BCUT2D eigenvalue weighted by molar-refractivity contribution is -0.133. The zero-order valence-corrected chi connectivity index (χ0v) is 18.4. The summed E-state index contributed by atoms with van der Waals surface area (Å²) in [5.41, 5.74) is 1.09. The third kappa shape index (κ3) is 5.78. The average molecular weight is 454 g/mol. The topological polar surface area (TPSA) is 60.9 Å². The van der Waals surface area contributed by atoms with Crippen LogP contribution in [0.3, 0.4) is 0 Å². The Balaban J connectivity index is 1.51. The molecule has 0 aliphatic carbocycles. The van der Waals surface area contributed by atoms with Crippen LogP contribution in [0.1, 0.15) is 11.1 Å². The normalized spacial score (nSPS) is 15.5. The highest BCUT2D eigenvalue weighted by atomic mass is 35.5. The molecule has 1 fully saturated rings. The fraction of sp³-hybridized carbons (Fsp3) is 0.381. The van der Waals surface area contributed by atoms with Crippen molar-refractivity contribution in [2.75, 3.05) is 39.8 Å². The summed E-state index contributed by atoms with van der Waals surface area (Å²) in [6, 6.07) is 13.5. The Morgan fingerprint density at radius 1 is 1.07 bits per heavy atom. The van der Waals surface area contributed by atoms with Crippen molar-refractivity contribution in [2.45, 2.75) is 12.3 Å². The number of nitrogens with zero attached hydrogens (tertiary/aromatic N) is 3. The molecule has 3 rings (SSSR count). The van der Waals surface area contributed by atoms with Crippen molar-refractivity contribution in [2.24, 2.45) is 0 Å². The number of carbonyl (C=O) groups excluding carboxylic acids is 1. The molecule has 6 nitrogen and oxygen atoms in total. The van der Waals surface area contributed by atoms with Gasteiger partial charge in [-0.1, -0.05) is 48.0 Å². The summed E-state index contributed by atoms with van der Waals surface area (Å²) in [5.74, 6) is -0.572.